The standard InChI is InChI=1S/C11H19N3O4S/c1-9-11(10(2)18-12-9)19(15,16)13-17-8-7-14-5-3-4-6-14/h13H,3-8H2,1-2H3. The lowest BCUT2D eigenvalue weighted by molar-refractivity contribution is 0.0755. The fraction of sp³-hybridized carbons (Fsp3) is 0.727. The van der Waals surface area contributed by atoms with E-state index in [2.05, 4.69) is 14.9 Å². The minimum atomic E-state index is -3.72. The molecule has 0 amide bonds. The van der Waals surface area contributed by atoms with Gasteiger partial charge in [0.1, 0.15) is 10.6 Å². The van der Waals surface area contributed by atoms with E-state index in [1.807, 2.05) is 0 Å². The van der Waals surface area contributed by atoms with E-state index in [1.165, 1.54) is 12.8 Å². The predicted molar refractivity (Wildman–Crippen MR) is 67.9 cm³/mol. The second-order valence-corrected chi connectivity index (χ2v) is 6.22. The number of rotatable bonds is 6. The maximum atomic E-state index is 12.0. The highest BCUT2D eigenvalue weighted by atomic mass is 32.2. The number of aryl methyl sites for hydroxylation is 2. The molecule has 1 fully saturated rings. The fourth-order valence-corrected chi connectivity index (χ4v) is 3.36. The van der Waals surface area contributed by atoms with Crippen LogP contribution in [0.25, 0.3) is 0 Å². The first-order valence-electron chi connectivity index (χ1n) is 6.29. The highest BCUT2D eigenvalue weighted by Crippen LogP contribution is 2.18. The molecule has 0 aliphatic carbocycles. The largest absolute Gasteiger partial charge is 0.360 e. The van der Waals surface area contributed by atoms with Crippen LogP contribution in [-0.2, 0) is 14.9 Å². The zero-order valence-corrected chi connectivity index (χ0v) is 12.0. The maximum Gasteiger partial charge on any atom is 0.267 e. The normalized spacial score (nSPS) is 17.2. The van der Waals surface area contributed by atoms with Crippen LogP contribution in [0.3, 0.4) is 0 Å². The van der Waals surface area contributed by atoms with E-state index in [0.717, 1.165) is 19.6 Å². The Kier molecular flexibility index (Phi) is 4.56. The van der Waals surface area contributed by atoms with E-state index >= 15 is 0 Å². The third kappa shape index (κ3) is 3.53. The third-order valence-corrected chi connectivity index (χ3v) is 4.57. The number of likely N-dealkylation sites (tertiary alicyclic amines) is 1. The minimum Gasteiger partial charge on any atom is -0.360 e. The molecule has 8 heteroatoms. The Morgan fingerprint density at radius 2 is 2.05 bits per heavy atom. The van der Waals surface area contributed by atoms with Crippen LogP contribution in [0.4, 0.5) is 0 Å². The summed E-state index contributed by atoms with van der Waals surface area (Å²) in [7, 11) is -3.72. The first-order chi connectivity index (χ1) is 9.00. The zero-order chi connectivity index (χ0) is 13.9. The smallest absolute Gasteiger partial charge is 0.267 e. The van der Waals surface area contributed by atoms with Crippen LogP contribution in [0.15, 0.2) is 9.42 Å². The van der Waals surface area contributed by atoms with Crippen molar-refractivity contribution >= 4 is 10.0 Å². The van der Waals surface area contributed by atoms with Crippen LogP contribution < -0.4 is 4.89 Å². The molecule has 0 aromatic carbocycles. The SMILES string of the molecule is Cc1noc(C)c1S(=O)(=O)NOCCN1CCCC1. The predicted octanol–water partition coefficient (Wildman–Crippen LogP) is 0.597. The topological polar surface area (TPSA) is 84.7 Å². The van der Waals surface area contributed by atoms with Crippen molar-refractivity contribution in [3.8, 4) is 0 Å². The van der Waals surface area contributed by atoms with E-state index in [0.29, 0.717) is 12.3 Å². The van der Waals surface area contributed by atoms with Gasteiger partial charge in [-0.2, -0.15) is 0 Å². The first-order valence-corrected chi connectivity index (χ1v) is 7.78. The molecule has 0 atom stereocenters. The number of sulfonamides is 1. The van der Waals surface area contributed by atoms with E-state index < -0.39 is 10.0 Å². The maximum absolute atomic E-state index is 12.0. The summed E-state index contributed by atoms with van der Waals surface area (Å²) < 4.78 is 28.8. The van der Waals surface area contributed by atoms with Crippen molar-refractivity contribution in [3.05, 3.63) is 11.5 Å². The summed E-state index contributed by atoms with van der Waals surface area (Å²) >= 11 is 0. The van der Waals surface area contributed by atoms with Crippen LogP contribution in [0.2, 0.25) is 0 Å². The lowest BCUT2D eigenvalue weighted by Crippen LogP contribution is -2.30. The Morgan fingerprint density at radius 3 is 2.63 bits per heavy atom. The molecule has 2 heterocycles. The van der Waals surface area contributed by atoms with Crippen LogP contribution in [-0.4, -0.2) is 44.7 Å². The molecule has 108 valence electrons. The van der Waals surface area contributed by atoms with Crippen LogP contribution in [0.5, 0.6) is 0 Å². The Hall–Kier alpha value is -0.960. The summed E-state index contributed by atoms with van der Waals surface area (Å²) in [5.41, 5.74) is 0.327. The van der Waals surface area contributed by atoms with Crippen LogP contribution in [0.1, 0.15) is 24.3 Å². The molecule has 7 nitrogen and oxygen atoms in total. The van der Waals surface area contributed by atoms with E-state index in [9.17, 15) is 8.42 Å². The van der Waals surface area contributed by atoms with Crippen molar-refractivity contribution in [1.29, 1.82) is 0 Å². The van der Waals surface area contributed by atoms with Gasteiger partial charge in [0.15, 0.2) is 5.76 Å². The highest BCUT2D eigenvalue weighted by Gasteiger charge is 2.24. The van der Waals surface area contributed by atoms with Crippen molar-refractivity contribution in [2.45, 2.75) is 31.6 Å². The van der Waals surface area contributed by atoms with Gasteiger partial charge in [0.05, 0.1) is 6.61 Å². The van der Waals surface area contributed by atoms with Crippen molar-refractivity contribution in [3.63, 3.8) is 0 Å². The van der Waals surface area contributed by atoms with Gasteiger partial charge in [-0.05, 0) is 39.8 Å². The molecule has 1 saturated heterocycles. The van der Waals surface area contributed by atoms with E-state index in [1.54, 1.807) is 13.8 Å². The summed E-state index contributed by atoms with van der Waals surface area (Å²) in [5, 5.41) is 3.62. The number of aromatic nitrogens is 1. The van der Waals surface area contributed by atoms with E-state index in [4.69, 9.17) is 9.36 Å². The molecule has 0 saturated carbocycles. The summed E-state index contributed by atoms with van der Waals surface area (Å²) in [6, 6.07) is 0. The molecule has 1 aliphatic heterocycles. The second-order valence-electron chi connectivity index (χ2n) is 4.64. The molecule has 2 rings (SSSR count). The Labute approximate surface area is 112 Å². The molecule has 1 aromatic heterocycles. The molecule has 1 aromatic rings. The second kappa shape index (κ2) is 6.00. The fourth-order valence-electron chi connectivity index (χ4n) is 2.20. The monoisotopic (exact) mass is 289 g/mol. The van der Waals surface area contributed by atoms with Crippen LogP contribution >= 0.6 is 0 Å². The van der Waals surface area contributed by atoms with Gasteiger partial charge < -0.3 is 9.42 Å². The first kappa shape index (κ1) is 14.4. The molecule has 0 spiro atoms. The molecule has 19 heavy (non-hydrogen) atoms. The van der Waals surface area contributed by atoms with Crippen molar-refractivity contribution in [2.75, 3.05) is 26.2 Å². The van der Waals surface area contributed by atoms with Gasteiger partial charge in [-0.15, -0.1) is 0 Å². The Bertz CT molecular complexity index is 501. The van der Waals surface area contributed by atoms with Gasteiger partial charge >= 0.3 is 0 Å². The Balaban J connectivity index is 1.84. The minimum absolute atomic E-state index is 0.0497. The third-order valence-electron chi connectivity index (χ3n) is 3.11. The lowest BCUT2D eigenvalue weighted by Gasteiger charge is -2.14. The summed E-state index contributed by atoms with van der Waals surface area (Å²) in [5.74, 6) is 0.258. The summed E-state index contributed by atoms with van der Waals surface area (Å²) in [6.07, 6.45) is 2.40. The summed E-state index contributed by atoms with van der Waals surface area (Å²) in [4.78, 5) is 9.45. The highest BCUT2D eigenvalue weighted by molar-refractivity contribution is 7.89. The van der Waals surface area contributed by atoms with Crippen molar-refractivity contribution < 1.29 is 17.8 Å². The molecule has 0 bridgehead atoms. The average molecular weight is 289 g/mol. The average Bonchev–Trinajstić information content (AvgIpc) is 2.95. The molecule has 0 unspecified atom stereocenters. The number of nitrogens with one attached hydrogen (secondary N) is 1. The van der Waals surface area contributed by atoms with Gasteiger partial charge in [0.2, 0.25) is 0 Å². The quantitative estimate of drug-likeness (QED) is 0.609. The lowest BCUT2D eigenvalue weighted by atomic mass is 10.4. The van der Waals surface area contributed by atoms with E-state index in [-0.39, 0.29) is 10.7 Å². The molecular formula is C11H19N3O4S. The van der Waals surface area contributed by atoms with Crippen LogP contribution in [0, 0.1) is 13.8 Å². The van der Waals surface area contributed by atoms with Crippen molar-refractivity contribution in [1.82, 2.24) is 14.9 Å². The molecule has 0 radical (unpaired) electrons. The van der Waals surface area contributed by atoms with Gasteiger partial charge in [-0.1, -0.05) is 10.0 Å². The number of nitrogens with zero attached hydrogens (tertiary/aromatic N) is 2. The van der Waals surface area contributed by atoms with Gasteiger partial charge in [-0.3, -0.25) is 4.84 Å². The van der Waals surface area contributed by atoms with Gasteiger partial charge in [0, 0.05) is 6.54 Å². The van der Waals surface area contributed by atoms with Gasteiger partial charge in [-0.25, -0.2) is 8.42 Å². The molecule has 1 aliphatic rings. The number of hydrogen-bond donors (Lipinski definition) is 1. The molecular weight excluding hydrogens is 270 g/mol. The molecule has 1 N–H and O–H groups in total. The Morgan fingerprint density at radius 1 is 1.37 bits per heavy atom. The summed E-state index contributed by atoms with van der Waals surface area (Å²) in [6.45, 7) is 6.29. The van der Waals surface area contributed by atoms with Gasteiger partial charge in [0.25, 0.3) is 10.0 Å². The number of hydrogen-bond acceptors (Lipinski definition) is 6. The van der Waals surface area contributed by atoms with Crippen molar-refractivity contribution in [2.24, 2.45) is 0 Å². The zero-order valence-electron chi connectivity index (χ0n) is 11.2.